The summed E-state index contributed by atoms with van der Waals surface area (Å²) < 4.78 is 49.9. The molecule has 0 saturated carbocycles. The van der Waals surface area contributed by atoms with Crippen molar-refractivity contribution in [1.82, 2.24) is 10.1 Å². The first-order chi connectivity index (χ1) is 12.3. The molecule has 0 spiro atoms. The Morgan fingerprint density at radius 2 is 1.85 bits per heavy atom. The van der Waals surface area contributed by atoms with Gasteiger partial charge in [-0.25, -0.2) is 18.0 Å². The molecular weight excluding hydrogens is 349 g/mol. The summed E-state index contributed by atoms with van der Waals surface area (Å²) in [5, 5.41) is 3.73. The molecule has 0 N–H and O–H groups in total. The molecule has 1 unspecified atom stereocenters. The van der Waals surface area contributed by atoms with Gasteiger partial charge in [-0.1, -0.05) is 17.3 Å². The average Bonchev–Trinajstić information content (AvgIpc) is 3.10. The number of hydrogen-bond acceptors (Lipinski definition) is 5. The van der Waals surface area contributed by atoms with Crippen LogP contribution in [-0.2, 0) is 4.74 Å². The van der Waals surface area contributed by atoms with E-state index in [0.29, 0.717) is 11.1 Å². The third kappa shape index (κ3) is 3.58. The number of nitrogens with zero attached hydrogens (tertiary/aromatic N) is 2. The van der Waals surface area contributed by atoms with Crippen LogP contribution in [0.3, 0.4) is 0 Å². The first-order valence-electron chi connectivity index (χ1n) is 7.61. The van der Waals surface area contributed by atoms with E-state index >= 15 is 0 Å². The van der Waals surface area contributed by atoms with Gasteiger partial charge in [0.25, 0.3) is 5.89 Å². The third-order valence-electron chi connectivity index (χ3n) is 3.66. The number of carbonyl (C=O) groups is 1. The van der Waals surface area contributed by atoms with E-state index in [-0.39, 0.29) is 17.3 Å². The van der Waals surface area contributed by atoms with Crippen LogP contribution in [-0.4, -0.2) is 16.1 Å². The second kappa shape index (κ2) is 6.99. The minimum atomic E-state index is -1.16. The molecule has 5 nitrogen and oxygen atoms in total. The van der Waals surface area contributed by atoms with Crippen molar-refractivity contribution in [3.05, 3.63) is 70.9 Å². The van der Waals surface area contributed by atoms with Crippen molar-refractivity contribution in [1.29, 1.82) is 0 Å². The Kier molecular flexibility index (Phi) is 4.75. The Labute approximate surface area is 146 Å². The fourth-order valence-electron chi connectivity index (χ4n) is 2.15. The molecule has 0 aliphatic carbocycles. The molecular formula is C18H13F3N2O3. The van der Waals surface area contributed by atoms with Crippen LogP contribution >= 0.6 is 0 Å². The maximum absolute atomic E-state index is 13.6. The number of hydrogen-bond donors (Lipinski definition) is 0. The first-order valence-corrected chi connectivity index (χ1v) is 7.61. The maximum Gasteiger partial charge on any atom is 0.339 e. The van der Waals surface area contributed by atoms with Crippen LogP contribution in [0.15, 0.2) is 40.9 Å². The topological polar surface area (TPSA) is 65.2 Å². The van der Waals surface area contributed by atoms with Crippen molar-refractivity contribution in [2.45, 2.75) is 20.0 Å². The fraction of sp³-hybridized carbons (Fsp3) is 0.167. The van der Waals surface area contributed by atoms with Gasteiger partial charge in [-0.15, -0.1) is 0 Å². The van der Waals surface area contributed by atoms with E-state index in [1.165, 1.54) is 13.0 Å². The largest absolute Gasteiger partial charge is 0.449 e. The molecule has 0 fully saturated rings. The first kappa shape index (κ1) is 17.7. The summed E-state index contributed by atoms with van der Waals surface area (Å²) in [7, 11) is 0. The molecule has 1 atom stereocenters. The number of carbonyl (C=O) groups excluding carboxylic acids is 1. The Hall–Kier alpha value is -3.16. The highest BCUT2D eigenvalue weighted by Gasteiger charge is 2.21. The Balaban J connectivity index is 1.75. The van der Waals surface area contributed by atoms with Gasteiger partial charge in [0.15, 0.2) is 17.7 Å². The van der Waals surface area contributed by atoms with E-state index in [1.54, 1.807) is 19.1 Å². The number of benzene rings is 2. The van der Waals surface area contributed by atoms with Gasteiger partial charge in [0, 0.05) is 5.56 Å². The molecule has 134 valence electrons. The second-order valence-electron chi connectivity index (χ2n) is 5.60. The van der Waals surface area contributed by atoms with Crippen molar-refractivity contribution in [2.75, 3.05) is 0 Å². The number of ether oxygens (including phenoxy) is 1. The van der Waals surface area contributed by atoms with Crippen molar-refractivity contribution >= 4 is 5.97 Å². The number of aryl methyl sites for hydroxylation is 1. The van der Waals surface area contributed by atoms with Crippen molar-refractivity contribution < 1.29 is 27.2 Å². The Morgan fingerprint density at radius 1 is 1.08 bits per heavy atom. The lowest BCUT2D eigenvalue weighted by molar-refractivity contribution is 0.0265. The summed E-state index contributed by atoms with van der Waals surface area (Å²) >= 11 is 0. The summed E-state index contributed by atoms with van der Waals surface area (Å²) in [6.45, 7) is 3.10. The zero-order chi connectivity index (χ0) is 18.8. The molecule has 0 aliphatic rings. The van der Waals surface area contributed by atoms with Gasteiger partial charge in [-0.2, -0.15) is 4.98 Å². The van der Waals surface area contributed by atoms with E-state index in [0.717, 1.165) is 18.2 Å². The Bertz CT molecular complexity index is 972. The van der Waals surface area contributed by atoms with Crippen LogP contribution < -0.4 is 0 Å². The van der Waals surface area contributed by atoms with E-state index in [1.807, 2.05) is 0 Å². The fourth-order valence-corrected chi connectivity index (χ4v) is 2.15. The molecule has 3 rings (SSSR count). The monoisotopic (exact) mass is 362 g/mol. The predicted octanol–water partition coefficient (Wildman–Crippen LogP) is 4.38. The van der Waals surface area contributed by atoms with Crippen LogP contribution in [0.25, 0.3) is 11.4 Å². The SMILES string of the molecule is Cc1ccc(-c2noc(C(C)OC(=O)c3ccc(F)c(F)c3)n2)cc1F. The Morgan fingerprint density at radius 3 is 2.54 bits per heavy atom. The van der Waals surface area contributed by atoms with Crippen molar-refractivity contribution in [3.8, 4) is 11.4 Å². The van der Waals surface area contributed by atoms with Gasteiger partial charge < -0.3 is 9.26 Å². The number of rotatable bonds is 4. The van der Waals surface area contributed by atoms with E-state index in [9.17, 15) is 18.0 Å². The van der Waals surface area contributed by atoms with Gasteiger partial charge in [-0.05, 0) is 43.7 Å². The van der Waals surface area contributed by atoms with Crippen molar-refractivity contribution in [2.24, 2.45) is 0 Å². The molecule has 3 aromatic rings. The van der Waals surface area contributed by atoms with Crippen LogP contribution in [0.1, 0.15) is 34.8 Å². The maximum atomic E-state index is 13.6. The highest BCUT2D eigenvalue weighted by atomic mass is 19.2. The lowest BCUT2D eigenvalue weighted by Crippen LogP contribution is -2.10. The lowest BCUT2D eigenvalue weighted by Gasteiger charge is -2.09. The van der Waals surface area contributed by atoms with Gasteiger partial charge in [0.1, 0.15) is 5.82 Å². The van der Waals surface area contributed by atoms with Crippen LogP contribution in [0.2, 0.25) is 0 Å². The summed E-state index contributed by atoms with van der Waals surface area (Å²) in [4.78, 5) is 16.1. The van der Waals surface area contributed by atoms with E-state index < -0.39 is 29.5 Å². The third-order valence-corrected chi connectivity index (χ3v) is 3.66. The standard InChI is InChI=1S/C18H13F3N2O3/c1-9-3-4-11(7-14(9)20)16-22-17(26-23-16)10(2)25-18(24)12-5-6-13(19)15(21)8-12/h3-8,10H,1-2H3. The minimum Gasteiger partial charge on any atom is -0.449 e. The molecule has 2 aromatic carbocycles. The van der Waals surface area contributed by atoms with Crippen LogP contribution in [0.4, 0.5) is 13.2 Å². The molecule has 1 heterocycles. The highest BCUT2D eigenvalue weighted by molar-refractivity contribution is 5.89. The van der Waals surface area contributed by atoms with Gasteiger partial charge in [-0.3, -0.25) is 0 Å². The van der Waals surface area contributed by atoms with Crippen LogP contribution in [0.5, 0.6) is 0 Å². The normalized spacial score (nSPS) is 12.0. The molecule has 26 heavy (non-hydrogen) atoms. The molecule has 8 heteroatoms. The number of halogens is 3. The second-order valence-corrected chi connectivity index (χ2v) is 5.60. The molecule has 0 radical (unpaired) electrons. The molecule has 0 amide bonds. The highest BCUT2D eigenvalue weighted by Crippen LogP contribution is 2.23. The molecule has 0 bridgehead atoms. The number of aromatic nitrogens is 2. The smallest absolute Gasteiger partial charge is 0.339 e. The summed E-state index contributed by atoms with van der Waals surface area (Å²) in [6.07, 6.45) is -0.938. The quantitative estimate of drug-likeness (QED) is 0.645. The zero-order valence-corrected chi connectivity index (χ0v) is 13.8. The predicted molar refractivity (Wildman–Crippen MR) is 84.6 cm³/mol. The van der Waals surface area contributed by atoms with E-state index in [2.05, 4.69) is 10.1 Å². The zero-order valence-electron chi connectivity index (χ0n) is 13.8. The molecule has 1 aromatic heterocycles. The molecule has 0 aliphatic heterocycles. The summed E-state index contributed by atoms with van der Waals surface area (Å²) in [5.41, 5.74) is 0.727. The summed E-state index contributed by atoms with van der Waals surface area (Å²) in [6, 6.07) is 7.13. The summed E-state index contributed by atoms with van der Waals surface area (Å²) in [5.74, 6) is -3.40. The minimum absolute atomic E-state index is 0.0167. The van der Waals surface area contributed by atoms with Crippen LogP contribution in [0, 0.1) is 24.4 Å². The van der Waals surface area contributed by atoms with Crippen molar-refractivity contribution in [3.63, 3.8) is 0 Å². The number of esters is 1. The van der Waals surface area contributed by atoms with E-state index in [4.69, 9.17) is 9.26 Å². The lowest BCUT2D eigenvalue weighted by atomic mass is 10.1. The van der Waals surface area contributed by atoms with Gasteiger partial charge >= 0.3 is 5.97 Å². The molecule has 0 saturated heterocycles. The van der Waals surface area contributed by atoms with Gasteiger partial charge in [0.2, 0.25) is 5.82 Å². The average molecular weight is 362 g/mol. The van der Waals surface area contributed by atoms with Gasteiger partial charge in [0.05, 0.1) is 5.56 Å².